The summed E-state index contributed by atoms with van der Waals surface area (Å²) < 4.78 is 0. The monoisotopic (exact) mass is 302 g/mol. The molecule has 1 amide bonds. The molecule has 3 heteroatoms. The predicted octanol–water partition coefficient (Wildman–Crippen LogP) is 3.33. The summed E-state index contributed by atoms with van der Waals surface area (Å²) in [5, 5.41) is 0. The standard InChI is InChI=1S/C19H30N2O/c1-14(2)17-7-4-16(5-8-17)6-9-19(22)21-11-10-15(3)12-18(21)13-20/h4-5,7-8,14-15,18H,6,9-13,20H2,1-3H3. The van der Waals surface area contributed by atoms with Crippen molar-refractivity contribution in [2.75, 3.05) is 13.1 Å². The number of hydrogen-bond donors (Lipinski definition) is 1. The van der Waals surface area contributed by atoms with Crippen molar-refractivity contribution in [2.45, 2.75) is 58.4 Å². The largest absolute Gasteiger partial charge is 0.338 e. The number of nitrogens with zero attached hydrogens (tertiary/aromatic N) is 1. The van der Waals surface area contributed by atoms with Crippen LogP contribution < -0.4 is 5.73 Å². The number of carbonyl (C=O) groups is 1. The first-order valence-corrected chi connectivity index (χ1v) is 8.59. The lowest BCUT2D eigenvalue weighted by atomic mass is 9.92. The zero-order valence-electron chi connectivity index (χ0n) is 14.2. The van der Waals surface area contributed by atoms with Gasteiger partial charge in [0, 0.05) is 25.6 Å². The topological polar surface area (TPSA) is 46.3 Å². The van der Waals surface area contributed by atoms with Crippen molar-refractivity contribution in [3.63, 3.8) is 0 Å². The molecular formula is C19H30N2O. The average Bonchev–Trinajstić information content (AvgIpc) is 2.52. The van der Waals surface area contributed by atoms with Gasteiger partial charge in [0.05, 0.1) is 0 Å². The Hall–Kier alpha value is -1.35. The number of piperidine rings is 1. The molecule has 1 saturated heterocycles. The number of hydrogen-bond acceptors (Lipinski definition) is 2. The highest BCUT2D eigenvalue weighted by Gasteiger charge is 2.28. The van der Waals surface area contributed by atoms with Crippen molar-refractivity contribution in [3.05, 3.63) is 35.4 Å². The number of aryl methyl sites for hydroxylation is 1. The third kappa shape index (κ3) is 4.33. The molecule has 0 aliphatic carbocycles. The molecule has 0 radical (unpaired) electrons. The van der Waals surface area contributed by atoms with Crippen molar-refractivity contribution >= 4 is 5.91 Å². The Labute approximate surface area is 134 Å². The van der Waals surface area contributed by atoms with Crippen molar-refractivity contribution < 1.29 is 4.79 Å². The molecule has 0 aromatic heterocycles. The first kappa shape index (κ1) is 17.0. The molecule has 0 spiro atoms. The zero-order chi connectivity index (χ0) is 16.1. The molecule has 3 nitrogen and oxygen atoms in total. The van der Waals surface area contributed by atoms with E-state index in [1.165, 1.54) is 11.1 Å². The van der Waals surface area contributed by atoms with Crippen LogP contribution in [0, 0.1) is 5.92 Å². The normalized spacial score (nSPS) is 22.1. The quantitative estimate of drug-likeness (QED) is 0.907. The minimum atomic E-state index is 0.236. The van der Waals surface area contributed by atoms with E-state index in [4.69, 9.17) is 5.73 Å². The van der Waals surface area contributed by atoms with E-state index in [1.807, 2.05) is 4.90 Å². The lowest BCUT2D eigenvalue weighted by Crippen LogP contribution is -2.49. The summed E-state index contributed by atoms with van der Waals surface area (Å²) in [6.07, 6.45) is 3.56. The van der Waals surface area contributed by atoms with Crippen molar-refractivity contribution in [3.8, 4) is 0 Å². The van der Waals surface area contributed by atoms with Crippen LogP contribution in [0.15, 0.2) is 24.3 Å². The highest BCUT2D eigenvalue weighted by Crippen LogP contribution is 2.23. The van der Waals surface area contributed by atoms with Crippen LogP contribution >= 0.6 is 0 Å². The van der Waals surface area contributed by atoms with E-state index >= 15 is 0 Å². The van der Waals surface area contributed by atoms with Gasteiger partial charge in [0.25, 0.3) is 0 Å². The first-order chi connectivity index (χ1) is 10.5. The fourth-order valence-corrected chi connectivity index (χ4v) is 3.27. The molecule has 1 aromatic rings. The van der Waals surface area contributed by atoms with Gasteiger partial charge >= 0.3 is 0 Å². The van der Waals surface area contributed by atoms with Gasteiger partial charge in [0.2, 0.25) is 5.91 Å². The molecule has 1 fully saturated rings. The van der Waals surface area contributed by atoms with E-state index in [9.17, 15) is 4.79 Å². The Bertz CT molecular complexity index is 481. The van der Waals surface area contributed by atoms with Crippen molar-refractivity contribution in [1.82, 2.24) is 4.90 Å². The maximum atomic E-state index is 12.5. The Kier molecular flexibility index (Phi) is 6.01. The summed E-state index contributed by atoms with van der Waals surface area (Å²) in [4.78, 5) is 14.5. The number of benzene rings is 1. The molecule has 1 heterocycles. The molecule has 1 aromatic carbocycles. The number of likely N-dealkylation sites (tertiary alicyclic amines) is 1. The summed E-state index contributed by atoms with van der Waals surface area (Å²) in [7, 11) is 0. The minimum absolute atomic E-state index is 0.236. The summed E-state index contributed by atoms with van der Waals surface area (Å²) in [6, 6.07) is 8.90. The molecular weight excluding hydrogens is 272 g/mol. The number of carbonyl (C=O) groups excluding carboxylic acids is 1. The highest BCUT2D eigenvalue weighted by atomic mass is 16.2. The Balaban J connectivity index is 1.89. The van der Waals surface area contributed by atoms with E-state index < -0.39 is 0 Å². The van der Waals surface area contributed by atoms with Gasteiger partial charge in [0.15, 0.2) is 0 Å². The van der Waals surface area contributed by atoms with Gasteiger partial charge in [-0.1, -0.05) is 45.0 Å². The van der Waals surface area contributed by atoms with Crippen molar-refractivity contribution in [1.29, 1.82) is 0 Å². The van der Waals surface area contributed by atoms with Crippen LogP contribution in [0.2, 0.25) is 0 Å². The van der Waals surface area contributed by atoms with E-state index in [-0.39, 0.29) is 11.9 Å². The fraction of sp³-hybridized carbons (Fsp3) is 0.632. The van der Waals surface area contributed by atoms with E-state index in [0.717, 1.165) is 25.8 Å². The third-order valence-corrected chi connectivity index (χ3v) is 4.84. The second-order valence-electron chi connectivity index (χ2n) is 7.00. The number of nitrogens with two attached hydrogens (primary N) is 1. The maximum Gasteiger partial charge on any atom is 0.223 e. The Morgan fingerprint density at radius 1 is 1.32 bits per heavy atom. The average molecular weight is 302 g/mol. The van der Waals surface area contributed by atoms with Gasteiger partial charge in [0.1, 0.15) is 0 Å². The second-order valence-corrected chi connectivity index (χ2v) is 7.00. The summed E-state index contributed by atoms with van der Waals surface area (Å²) in [6.45, 7) is 8.10. The minimum Gasteiger partial charge on any atom is -0.338 e. The van der Waals surface area contributed by atoms with Gasteiger partial charge in [-0.15, -0.1) is 0 Å². The zero-order valence-corrected chi connectivity index (χ0v) is 14.2. The molecule has 2 rings (SSSR count). The van der Waals surface area contributed by atoms with Crippen molar-refractivity contribution in [2.24, 2.45) is 11.7 Å². The fourth-order valence-electron chi connectivity index (χ4n) is 3.27. The van der Waals surface area contributed by atoms with Crippen LogP contribution in [0.3, 0.4) is 0 Å². The summed E-state index contributed by atoms with van der Waals surface area (Å²) in [5.41, 5.74) is 8.45. The van der Waals surface area contributed by atoms with Gasteiger partial charge in [-0.3, -0.25) is 4.79 Å². The molecule has 2 atom stereocenters. The Morgan fingerprint density at radius 2 is 2.00 bits per heavy atom. The smallest absolute Gasteiger partial charge is 0.223 e. The van der Waals surface area contributed by atoms with Crippen LogP contribution in [0.5, 0.6) is 0 Å². The molecule has 0 saturated carbocycles. The highest BCUT2D eigenvalue weighted by molar-refractivity contribution is 5.77. The lowest BCUT2D eigenvalue weighted by Gasteiger charge is -2.38. The van der Waals surface area contributed by atoms with Crippen LogP contribution in [-0.4, -0.2) is 29.9 Å². The number of amides is 1. The second kappa shape index (κ2) is 7.77. The van der Waals surface area contributed by atoms with Crippen LogP contribution in [0.25, 0.3) is 0 Å². The predicted molar refractivity (Wildman–Crippen MR) is 91.8 cm³/mol. The van der Waals surface area contributed by atoms with Gasteiger partial charge < -0.3 is 10.6 Å². The van der Waals surface area contributed by atoms with Crippen LogP contribution in [0.4, 0.5) is 0 Å². The van der Waals surface area contributed by atoms with E-state index in [1.54, 1.807) is 0 Å². The van der Waals surface area contributed by atoms with Crippen LogP contribution in [0.1, 0.15) is 57.1 Å². The summed E-state index contributed by atoms with van der Waals surface area (Å²) >= 11 is 0. The molecule has 22 heavy (non-hydrogen) atoms. The molecule has 1 aliphatic heterocycles. The lowest BCUT2D eigenvalue weighted by molar-refractivity contribution is -0.135. The van der Waals surface area contributed by atoms with E-state index in [0.29, 0.717) is 24.8 Å². The van der Waals surface area contributed by atoms with Gasteiger partial charge in [-0.25, -0.2) is 0 Å². The molecule has 0 bridgehead atoms. The van der Waals surface area contributed by atoms with Gasteiger partial charge in [-0.05, 0) is 42.2 Å². The SMILES string of the molecule is CC1CCN(C(=O)CCc2ccc(C(C)C)cc2)C(CN)C1. The molecule has 122 valence electrons. The summed E-state index contributed by atoms with van der Waals surface area (Å²) in [5.74, 6) is 1.49. The number of rotatable bonds is 5. The van der Waals surface area contributed by atoms with E-state index in [2.05, 4.69) is 45.0 Å². The molecule has 1 aliphatic rings. The first-order valence-electron chi connectivity index (χ1n) is 8.59. The van der Waals surface area contributed by atoms with Gasteiger partial charge in [-0.2, -0.15) is 0 Å². The molecule has 2 unspecified atom stereocenters. The maximum absolute atomic E-state index is 12.5. The Morgan fingerprint density at radius 3 is 2.59 bits per heavy atom. The third-order valence-electron chi connectivity index (χ3n) is 4.84. The molecule has 2 N–H and O–H groups in total. The van der Waals surface area contributed by atoms with Crippen LogP contribution in [-0.2, 0) is 11.2 Å².